The van der Waals surface area contributed by atoms with Crippen LogP contribution in [0.3, 0.4) is 0 Å². The summed E-state index contributed by atoms with van der Waals surface area (Å²) in [5.41, 5.74) is 2.53. The maximum atomic E-state index is 12.3. The summed E-state index contributed by atoms with van der Waals surface area (Å²) < 4.78 is 5.03. The van der Waals surface area contributed by atoms with E-state index in [-0.39, 0.29) is 11.7 Å². The number of benzene rings is 2. The first kappa shape index (κ1) is 16.8. The molecule has 0 saturated carbocycles. The van der Waals surface area contributed by atoms with Gasteiger partial charge in [0.15, 0.2) is 5.76 Å². The number of nitrogens with one attached hydrogen (secondary N) is 2. The molecule has 3 rings (SSSR count). The van der Waals surface area contributed by atoms with Crippen LogP contribution < -0.4 is 10.6 Å². The number of hydrogen-bond donors (Lipinski definition) is 2. The Balaban J connectivity index is 1.71. The lowest BCUT2D eigenvalue weighted by molar-refractivity contribution is 0.0994. The number of furan rings is 1. The van der Waals surface area contributed by atoms with E-state index < -0.39 is 5.91 Å². The van der Waals surface area contributed by atoms with Gasteiger partial charge in [-0.15, -0.1) is 0 Å². The van der Waals surface area contributed by atoms with Crippen molar-refractivity contribution >= 4 is 34.8 Å². The molecule has 6 heteroatoms. The van der Waals surface area contributed by atoms with Gasteiger partial charge in [-0.25, -0.2) is 0 Å². The summed E-state index contributed by atoms with van der Waals surface area (Å²) in [5, 5.41) is 5.74. The maximum absolute atomic E-state index is 12.3. The SMILES string of the molecule is Cc1cccc(C(=O)Nc2ccc(NC(=O)c3ccco3)c(Cl)c2)c1. The highest BCUT2D eigenvalue weighted by atomic mass is 35.5. The molecule has 1 heterocycles. The Morgan fingerprint density at radius 3 is 2.48 bits per heavy atom. The second kappa shape index (κ2) is 7.23. The topological polar surface area (TPSA) is 71.3 Å². The summed E-state index contributed by atoms with van der Waals surface area (Å²) in [6.45, 7) is 1.92. The molecule has 25 heavy (non-hydrogen) atoms. The van der Waals surface area contributed by atoms with Crippen molar-refractivity contribution < 1.29 is 14.0 Å². The van der Waals surface area contributed by atoms with E-state index in [4.69, 9.17) is 16.0 Å². The largest absolute Gasteiger partial charge is 0.459 e. The summed E-state index contributed by atoms with van der Waals surface area (Å²) in [5.74, 6) is -0.441. The standard InChI is InChI=1S/C19H15ClN2O3/c1-12-4-2-5-13(10-12)18(23)21-14-7-8-16(15(20)11-14)22-19(24)17-6-3-9-25-17/h2-11H,1H3,(H,21,23)(H,22,24). The van der Waals surface area contributed by atoms with Crippen LogP contribution in [0.1, 0.15) is 26.5 Å². The van der Waals surface area contributed by atoms with Gasteiger partial charge in [-0.1, -0.05) is 29.3 Å². The van der Waals surface area contributed by atoms with E-state index in [0.29, 0.717) is 22.0 Å². The fraction of sp³-hybridized carbons (Fsp3) is 0.0526. The molecule has 5 nitrogen and oxygen atoms in total. The first-order valence-electron chi connectivity index (χ1n) is 7.55. The molecule has 0 fully saturated rings. The monoisotopic (exact) mass is 354 g/mol. The third kappa shape index (κ3) is 4.08. The average Bonchev–Trinajstić information content (AvgIpc) is 3.12. The number of hydrogen-bond acceptors (Lipinski definition) is 3. The molecule has 0 bridgehead atoms. The van der Waals surface area contributed by atoms with Crippen molar-refractivity contribution in [3.05, 3.63) is 82.8 Å². The minimum atomic E-state index is -0.400. The molecule has 126 valence electrons. The maximum Gasteiger partial charge on any atom is 0.291 e. The Bertz CT molecular complexity index is 920. The highest BCUT2D eigenvalue weighted by Crippen LogP contribution is 2.26. The molecule has 2 N–H and O–H groups in total. The van der Waals surface area contributed by atoms with Gasteiger partial charge in [0.1, 0.15) is 0 Å². The van der Waals surface area contributed by atoms with Gasteiger partial charge in [0.25, 0.3) is 11.8 Å². The highest BCUT2D eigenvalue weighted by molar-refractivity contribution is 6.34. The van der Waals surface area contributed by atoms with Crippen molar-refractivity contribution in [2.45, 2.75) is 6.92 Å². The van der Waals surface area contributed by atoms with Crippen LogP contribution >= 0.6 is 11.6 Å². The quantitative estimate of drug-likeness (QED) is 0.710. The summed E-state index contributed by atoms with van der Waals surface area (Å²) in [7, 11) is 0. The number of anilines is 2. The van der Waals surface area contributed by atoms with E-state index in [1.165, 1.54) is 6.26 Å². The van der Waals surface area contributed by atoms with Crippen molar-refractivity contribution in [3.63, 3.8) is 0 Å². The van der Waals surface area contributed by atoms with Gasteiger partial charge in [0.2, 0.25) is 0 Å². The molecule has 2 aromatic carbocycles. The lowest BCUT2D eigenvalue weighted by atomic mass is 10.1. The fourth-order valence-electron chi connectivity index (χ4n) is 2.28. The van der Waals surface area contributed by atoms with Crippen LogP contribution in [0, 0.1) is 6.92 Å². The van der Waals surface area contributed by atoms with E-state index in [1.807, 2.05) is 19.1 Å². The number of halogens is 1. The van der Waals surface area contributed by atoms with Gasteiger partial charge in [-0.3, -0.25) is 9.59 Å². The Morgan fingerprint density at radius 2 is 1.80 bits per heavy atom. The third-order valence-corrected chi connectivity index (χ3v) is 3.81. The zero-order valence-corrected chi connectivity index (χ0v) is 14.1. The first-order chi connectivity index (χ1) is 12.0. The Kier molecular flexibility index (Phi) is 4.86. The molecule has 0 unspecified atom stereocenters. The Hall–Kier alpha value is -3.05. The smallest absolute Gasteiger partial charge is 0.291 e. The van der Waals surface area contributed by atoms with Gasteiger partial charge in [-0.2, -0.15) is 0 Å². The zero-order valence-electron chi connectivity index (χ0n) is 13.4. The van der Waals surface area contributed by atoms with Gasteiger partial charge < -0.3 is 15.1 Å². The Labute approximate surface area is 149 Å². The molecule has 0 atom stereocenters. The van der Waals surface area contributed by atoms with Crippen LogP contribution in [-0.2, 0) is 0 Å². The second-order valence-electron chi connectivity index (χ2n) is 5.45. The van der Waals surface area contributed by atoms with Crippen molar-refractivity contribution in [3.8, 4) is 0 Å². The number of carbonyl (C=O) groups excluding carboxylic acids is 2. The van der Waals surface area contributed by atoms with Gasteiger partial charge in [-0.05, 0) is 49.4 Å². The van der Waals surface area contributed by atoms with Crippen LogP contribution in [0.2, 0.25) is 5.02 Å². The second-order valence-corrected chi connectivity index (χ2v) is 5.86. The summed E-state index contributed by atoms with van der Waals surface area (Å²) >= 11 is 6.19. The Morgan fingerprint density at radius 1 is 0.960 bits per heavy atom. The molecular weight excluding hydrogens is 340 g/mol. The summed E-state index contributed by atoms with van der Waals surface area (Å²) in [6, 6.07) is 15.3. The van der Waals surface area contributed by atoms with Crippen molar-refractivity contribution in [1.29, 1.82) is 0 Å². The molecule has 2 amide bonds. The molecule has 0 saturated heterocycles. The summed E-state index contributed by atoms with van der Waals surface area (Å²) in [6.07, 6.45) is 1.42. The molecule has 3 aromatic rings. The van der Waals surface area contributed by atoms with E-state index in [0.717, 1.165) is 5.56 Å². The molecule has 0 spiro atoms. The van der Waals surface area contributed by atoms with E-state index in [2.05, 4.69) is 10.6 Å². The van der Waals surface area contributed by atoms with E-state index in [1.54, 1.807) is 42.5 Å². The van der Waals surface area contributed by atoms with Crippen molar-refractivity contribution in [2.24, 2.45) is 0 Å². The third-order valence-electron chi connectivity index (χ3n) is 3.50. The zero-order chi connectivity index (χ0) is 17.8. The van der Waals surface area contributed by atoms with Gasteiger partial charge in [0, 0.05) is 11.3 Å². The highest BCUT2D eigenvalue weighted by Gasteiger charge is 2.12. The minimum absolute atomic E-state index is 0.188. The molecular formula is C19H15ClN2O3. The van der Waals surface area contributed by atoms with Crippen LogP contribution in [0.5, 0.6) is 0 Å². The van der Waals surface area contributed by atoms with E-state index >= 15 is 0 Å². The fourth-order valence-corrected chi connectivity index (χ4v) is 2.50. The summed E-state index contributed by atoms with van der Waals surface area (Å²) in [4.78, 5) is 24.2. The van der Waals surface area contributed by atoms with E-state index in [9.17, 15) is 9.59 Å². The number of rotatable bonds is 4. The predicted molar refractivity (Wildman–Crippen MR) is 97.2 cm³/mol. The molecule has 0 aliphatic carbocycles. The normalized spacial score (nSPS) is 10.3. The molecule has 0 aliphatic rings. The van der Waals surface area contributed by atoms with Crippen LogP contribution in [0.4, 0.5) is 11.4 Å². The van der Waals surface area contributed by atoms with Crippen molar-refractivity contribution in [2.75, 3.05) is 10.6 Å². The van der Waals surface area contributed by atoms with Crippen LogP contribution in [-0.4, -0.2) is 11.8 Å². The molecule has 1 aromatic heterocycles. The van der Waals surface area contributed by atoms with Crippen molar-refractivity contribution in [1.82, 2.24) is 0 Å². The first-order valence-corrected chi connectivity index (χ1v) is 7.93. The lowest BCUT2D eigenvalue weighted by Gasteiger charge is -2.10. The lowest BCUT2D eigenvalue weighted by Crippen LogP contribution is -2.13. The van der Waals surface area contributed by atoms with Gasteiger partial charge >= 0.3 is 0 Å². The molecule has 0 aliphatic heterocycles. The molecule has 0 radical (unpaired) electrons. The van der Waals surface area contributed by atoms with Gasteiger partial charge in [0.05, 0.1) is 17.0 Å². The minimum Gasteiger partial charge on any atom is -0.459 e. The number of carbonyl (C=O) groups is 2. The average molecular weight is 355 g/mol. The predicted octanol–water partition coefficient (Wildman–Crippen LogP) is 4.75. The van der Waals surface area contributed by atoms with Crippen LogP contribution in [0.15, 0.2) is 65.3 Å². The van der Waals surface area contributed by atoms with Crippen LogP contribution in [0.25, 0.3) is 0 Å². The number of amides is 2. The number of aryl methyl sites for hydroxylation is 1.